The first-order valence-corrected chi connectivity index (χ1v) is 6.53. The second kappa shape index (κ2) is 5.62. The number of hydrogen-bond acceptors (Lipinski definition) is 6. The van der Waals surface area contributed by atoms with Crippen molar-refractivity contribution >= 4 is 23.1 Å². The van der Waals surface area contributed by atoms with Crippen molar-refractivity contribution in [2.24, 2.45) is 0 Å². The fraction of sp³-hybridized carbons (Fsp3) is 0.133. The van der Waals surface area contributed by atoms with Crippen molar-refractivity contribution in [2.45, 2.75) is 6.92 Å². The molecule has 106 valence electrons. The van der Waals surface area contributed by atoms with E-state index in [0.29, 0.717) is 11.6 Å². The predicted octanol–water partition coefficient (Wildman–Crippen LogP) is 3.28. The van der Waals surface area contributed by atoms with Gasteiger partial charge in [-0.2, -0.15) is 0 Å². The van der Waals surface area contributed by atoms with Crippen LogP contribution in [0.15, 0.2) is 53.3 Å². The average molecular weight is 281 g/mol. The Kier molecular flexibility index (Phi) is 3.51. The molecule has 21 heavy (non-hydrogen) atoms. The van der Waals surface area contributed by atoms with Crippen LogP contribution in [0.4, 0.5) is 23.1 Å². The Hall–Kier alpha value is -2.89. The lowest BCUT2D eigenvalue weighted by atomic mass is 10.3. The molecule has 0 saturated carbocycles. The Bertz CT molecular complexity index is 726. The molecule has 3 aromatic rings. The van der Waals surface area contributed by atoms with Crippen LogP contribution in [0.25, 0.3) is 0 Å². The van der Waals surface area contributed by atoms with Gasteiger partial charge < -0.3 is 14.7 Å². The van der Waals surface area contributed by atoms with E-state index in [1.54, 1.807) is 0 Å². The van der Waals surface area contributed by atoms with Gasteiger partial charge in [-0.25, -0.2) is 9.97 Å². The van der Waals surface area contributed by atoms with E-state index in [4.69, 9.17) is 4.52 Å². The number of nitrogens with one attached hydrogen (secondary N) is 1. The lowest BCUT2D eigenvalue weighted by Crippen LogP contribution is -2.11. The van der Waals surface area contributed by atoms with Crippen molar-refractivity contribution in [1.29, 1.82) is 0 Å². The van der Waals surface area contributed by atoms with Crippen LogP contribution in [-0.4, -0.2) is 22.2 Å². The van der Waals surface area contributed by atoms with Gasteiger partial charge in [0.2, 0.25) is 0 Å². The highest BCUT2D eigenvalue weighted by molar-refractivity contribution is 5.63. The molecular formula is C15H15N5O. The Morgan fingerprint density at radius 2 is 1.86 bits per heavy atom. The summed E-state index contributed by atoms with van der Waals surface area (Å²) < 4.78 is 5.02. The lowest BCUT2D eigenvalue weighted by Gasteiger charge is -2.18. The minimum Gasteiger partial charge on any atom is -0.360 e. The first kappa shape index (κ1) is 13.1. The maximum absolute atomic E-state index is 5.02. The number of para-hydroxylation sites is 1. The van der Waals surface area contributed by atoms with Crippen LogP contribution in [0.1, 0.15) is 5.76 Å². The Labute approximate surface area is 122 Å². The number of aromatic nitrogens is 3. The van der Waals surface area contributed by atoms with E-state index >= 15 is 0 Å². The van der Waals surface area contributed by atoms with Crippen LogP contribution < -0.4 is 10.2 Å². The van der Waals surface area contributed by atoms with Gasteiger partial charge in [-0.05, 0) is 19.1 Å². The van der Waals surface area contributed by atoms with E-state index < -0.39 is 0 Å². The van der Waals surface area contributed by atoms with Crippen LogP contribution in [0.3, 0.4) is 0 Å². The van der Waals surface area contributed by atoms with E-state index in [1.165, 1.54) is 6.33 Å². The van der Waals surface area contributed by atoms with Crippen LogP contribution in [0.2, 0.25) is 0 Å². The van der Waals surface area contributed by atoms with Gasteiger partial charge in [0.05, 0.1) is 0 Å². The zero-order valence-corrected chi connectivity index (χ0v) is 11.8. The molecule has 3 rings (SSSR count). The molecule has 0 atom stereocenters. The summed E-state index contributed by atoms with van der Waals surface area (Å²) in [5.74, 6) is 2.82. The second-order valence-corrected chi connectivity index (χ2v) is 4.60. The van der Waals surface area contributed by atoms with Gasteiger partial charge in [0.25, 0.3) is 0 Å². The number of aryl methyl sites for hydroxylation is 1. The largest absolute Gasteiger partial charge is 0.360 e. The number of hydrogen-bond donors (Lipinski definition) is 1. The molecule has 0 aliphatic rings. The van der Waals surface area contributed by atoms with Crippen LogP contribution in [-0.2, 0) is 0 Å². The van der Waals surface area contributed by atoms with E-state index in [1.807, 2.05) is 61.3 Å². The quantitative estimate of drug-likeness (QED) is 0.791. The van der Waals surface area contributed by atoms with Crippen molar-refractivity contribution in [3.05, 3.63) is 54.6 Å². The zero-order chi connectivity index (χ0) is 14.7. The van der Waals surface area contributed by atoms with Crippen LogP contribution >= 0.6 is 0 Å². The fourth-order valence-corrected chi connectivity index (χ4v) is 1.94. The van der Waals surface area contributed by atoms with Gasteiger partial charge in [0, 0.05) is 24.9 Å². The normalized spacial score (nSPS) is 10.4. The molecular weight excluding hydrogens is 266 g/mol. The molecule has 6 nitrogen and oxygen atoms in total. The summed E-state index contributed by atoms with van der Waals surface area (Å²) in [5, 5.41) is 6.97. The molecule has 0 spiro atoms. The lowest BCUT2D eigenvalue weighted by molar-refractivity contribution is 0.400. The Morgan fingerprint density at radius 1 is 1.05 bits per heavy atom. The van der Waals surface area contributed by atoms with E-state index in [2.05, 4.69) is 20.4 Å². The standard InChI is InChI=1S/C15H15N5O/c1-11-8-14(19-21-11)18-13-9-15(17-10-16-13)20(2)12-6-4-3-5-7-12/h3-10H,1-2H3,(H,16,17,18,19). The first-order valence-electron chi connectivity index (χ1n) is 6.53. The summed E-state index contributed by atoms with van der Waals surface area (Å²) in [5.41, 5.74) is 1.06. The molecule has 2 heterocycles. The van der Waals surface area contributed by atoms with Gasteiger partial charge in [-0.15, -0.1) is 0 Å². The van der Waals surface area contributed by atoms with Gasteiger partial charge in [-0.1, -0.05) is 23.4 Å². The van der Waals surface area contributed by atoms with Gasteiger partial charge in [0.15, 0.2) is 5.82 Å². The summed E-state index contributed by atoms with van der Waals surface area (Å²) in [6.07, 6.45) is 1.52. The molecule has 0 amide bonds. The third-order valence-corrected chi connectivity index (χ3v) is 3.02. The highest BCUT2D eigenvalue weighted by Gasteiger charge is 2.07. The molecule has 2 aromatic heterocycles. The van der Waals surface area contributed by atoms with Crippen LogP contribution in [0, 0.1) is 6.92 Å². The Morgan fingerprint density at radius 3 is 2.57 bits per heavy atom. The summed E-state index contributed by atoms with van der Waals surface area (Å²) >= 11 is 0. The summed E-state index contributed by atoms with van der Waals surface area (Å²) in [6, 6.07) is 13.7. The smallest absolute Gasteiger partial charge is 0.175 e. The molecule has 0 aliphatic heterocycles. The average Bonchev–Trinajstić information content (AvgIpc) is 2.93. The third kappa shape index (κ3) is 3.00. The third-order valence-electron chi connectivity index (χ3n) is 3.02. The first-order chi connectivity index (χ1) is 10.2. The molecule has 0 unspecified atom stereocenters. The Balaban J connectivity index is 1.83. The topological polar surface area (TPSA) is 67.1 Å². The van der Waals surface area contributed by atoms with Crippen LogP contribution in [0.5, 0.6) is 0 Å². The molecule has 0 radical (unpaired) electrons. The monoisotopic (exact) mass is 281 g/mol. The van der Waals surface area contributed by atoms with Gasteiger partial charge in [-0.3, -0.25) is 0 Å². The van der Waals surface area contributed by atoms with Gasteiger partial charge in [0.1, 0.15) is 23.7 Å². The maximum atomic E-state index is 5.02. The zero-order valence-electron chi connectivity index (χ0n) is 11.8. The molecule has 1 N–H and O–H groups in total. The highest BCUT2D eigenvalue weighted by atomic mass is 16.5. The molecule has 0 fully saturated rings. The number of nitrogens with zero attached hydrogens (tertiary/aromatic N) is 4. The van der Waals surface area contributed by atoms with Crippen molar-refractivity contribution in [1.82, 2.24) is 15.1 Å². The van der Waals surface area contributed by atoms with Crippen molar-refractivity contribution in [3.8, 4) is 0 Å². The molecule has 0 bridgehead atoms. The number of benzene rings is 1. The van der Waals surface area contributed by atoms with Crippen molar-refractivity contribution in [2.75, 3.05) is 17.3 Å². The number of rotatable bonds is 4. The summed E-state index contributed by atoms with van der Waals surface area (Å²) in [6.45, 7) is 1.84. The van der Waals surface area contributed by atoms with Crippen molar-refractivity contribution < 1.29 is 4.52 Å². The molecule has 0 aliphatic carbocycles. The predicted molar refractivity (Wildman–Crippen MR) is 81.1 cm³/mol. The molecule has 0 saturated heterocycles. The summed E-state index contributed by atoms with van der Waals surface area (Å²) in [4.78, 5) is 10.5. The van der Waals surface area contributed by atoms with E-state index in [-0.39, 0.29) is 0 Å². The molecule has 6 heteroatoms. The van der Waals surface area contributed by atoms with E-state index in [9.17, 15) is 0 Å². The second-order valence-electron chi connectivity index (χ2n) is 4.60. The summed E-state index contributed by atoms with van der Waals surface area (Å²) in [7, 11) is 1.96. The van der Waals surface area contributed by atoms with Gasteiger partial charge >= 0.3 is 0 Å². The number of anilines is 4. The van der Waals surface area contributed by atoms with Crippen molar-refractivity contribution in [3.63, 3.8) is 0 Å². The fourth-order valence-electron chi connectivity index (χ4n) is 1.94. The maximum Gasteiger partial charge on any atom is 0.175 e. The minimum atomic E-state index is 0.625. The minimum absolute atomic E-state index is 0.625. The SMILES string of the molecule is Cc1cc(Nc2cc(N(C)c3ccccc3)ncn2)no1. The molecule has 1 aromatic carbocycles. The highest BCUT2D eigenvalue weighted by Crippen LogP contribution is 2.23. The van der Waals surface area contributed by atoms with E-state index in [0.717, 1.165) is 17.3 Å².